The number of methoxy groups -OCH3 is 1. The first kappa shape index (κ1) is 17.9. The fourth-order valence-corrected chi connectivity index (χ4v) is 3.46. The van der Waals surface area contributed by atoms with E-state index in [-0.39, 0.29) is 12.0 Å². The Morgan fingerprint density at radius 3 is 2.80 bits per heavy atom. The number of ether oxygens (including phenoxy) is 2. The van der Waals surface area contributed by atoms with Gasteiger partial charge in [0.15, 0.2) is 0 Å². The van der Waals surface area contributed by atoms with Crippen LogP contribution in [0.4, 0.5) is 0 Å². The first-order valence-electron chi connectivity index (χ1n) is 8.98. The summed E-state index contributed by atoms with van der Waals surface area (Å²) in [5.74, 6) is -0.630. The maximum atomic E-state index is 12.6. The summed E-state index contributed by atoms with van der Waals surface area (Å²) in [5.41, 5.74) is 2.24. The Morgan fingerprint density at radius 2 is 2.16 bits per heavy atom. The highest BCUT2D eigenvalue weighted by molar-refractivity contribution is 6.00. The number of H-pyrrole nitrogens is 1. The lowest BCUT2D eigenvalue weighted by molar-refractivity contribution is -0.0293. The van der Waals surface area contributed by atoms with Crippen molar-refractivity contribution < 1.29 is 19.1 Å². The van der Waals surface area contributed by atoms with Crippen LogP contribution in [0.2, 0.25) is 0 Å². The number of amides is 1. The number of aromatic amines is 1. The quantitative estimate of drug-likeness (QED) is 0.756. The molecule has 0 bridgehead atoms. The zero-order valence-electron chi connectivity index (χ0n) is 15.2. The summed E-state index contributed by atoms with van der Waals surface area (Å²) in [6.07, 6.45) is 3.19. The Morgan fingerprint density at radius 1 is 1.40 bits per heavy atom. The van der Waals surface area contributed by atoms with Gasteiger partial charge >= 0.3 is 5.97 Å². The second-order valence-corrected chi connectivity index (χ2v) is 6.75. The maximum Gasteiger partial charge on any atom is 0.339 e. The average molecular weight is 349 g/mol. The lowest BCUT2D eigenvalue weighted by atomic mass is 10.1. The normalized spacial score (nSPS) is 21.2. The molecule has 1 saturated carbocycles. The molecule has 2 heterocycles. The van der Waals surface area contributed by atoms with Crippen LogP contribution in [0.3, 0.4) is 0 Å². The number of hydrogen-bond donors (Lipinski definition) is 2. The average Bonchev–Trinajstić information content (AvgIpc) is 3.42. The van der Waals surface area contributed by atoms with Crippen LogP contribution in [0, 0.1) is 6.92 Å². The lowest BCUT2D eigenvalue weighted by Crippen LogP contribution is -2.48. The molecule has 0 unspecified atom stereocenters. The van der Waals surface area contributed by atoms with Crippen LogP contribution in [-0.2, 0) is 15.9 Å². The van der Waals surface area contributed by atoms with E-state index < -0.39 is 5.97 Å². The van der Waals surface area contributed by atoms with E-state index in [1.54, 1.807) is 6.92 Å². The van der Waals surface area contributed by atoms with Crippen molar-refractivity contribution in [2.24, 2.45) is 0 Å². The molecule has 1 aliphatic heterocycles. The molecule has 1 aromatic rings. The van der Waals surface area contributed by atoms with Gasteiger partial charge in [0, 0.05) is 31.4 Å². The molecule has 0 aromatic carbocycles. The second kappa shape index (κ2) is 7.58. The van der Waals surface area contributed by atoms with Crippen LogP contribution in [0.1, 0.15) is 51.9 Å². The summed E-state index contributed by atoms with van der Waals surface area (Å²) < 4.78 is 10.6. The minimum Gasteiger partial charge on any atom is -0.465 e. The number of hydrogen-bond acceptors (Lipinski definition) is 5. The Labute approximate surface area is 148 Å². The molecular weight excluding hydrogens is 322 g/mol. The predicted octanol–water partition coefficient (Wildman–Crippen LogP) is 1.27. The smallest absolute Gasteiger partial charge is 0.339 e. The van der Waals surface area contributed by atoms with Gasteiger partial charge in [-0.25, -0.2) is 4.79 Å². The van der Waals surface area contributed by atoms with Gasteiger partial charge in [0.2, 0.25) is 0 Å². The molecule has 138 valence electrons. The number of carbonyl (C=O) groups excluding carboxylic acids is 2. The summed E-state index contributed by atoms with van der Waals surface area (Å²) in [5, 5.41) is 2.94. The Kier molecular flexibility index (Phi) is 5.44. The molecule has 0 radical (unpaired) electrons. The van der Waals surface area contributed by atoms with Crippen LogP contribution in [0.25, 0.3) is 0 Å². The highest BCUT2D eigenvalue weighted by Gasteiger charge is 2.33. The van der Waals surface area contributed by atoms with Crippen LogP contribution in [0.15, 0.2) is 0 Å². The predicted molar refractivity (Wildman–Crippen MR) is 92.9 cm³/mol. The van der Waals surface area contributed by atoms with Crippen molar-refractivity contribution in [3.05, 3.63) is 22.5 Å². The third-order valence-corrected chi connectivity index (χ3v) is 5.02. The van der Waals surface area contributed by atoms with Gasteiger partial charge in [-0.05, 0) is 31.7 Å². The van der Waals surface area contributed by atoms with Crippen molar-refractivity contribution in [1.29, 1.82) is 0 Å². The Balaban J connectivity index is 1.63. The van der Waals surface area contributed by atoms with Crippen LogP contribution in [0.5, 0.6) is 0 Å². The molecule has 1 atom stereocenters. The van der Waals surface area contributed by atoms with Gasteiger partial charge in [-0.3, -0.25) is 9.69 Å². The van der Waals surface area contributed by atoms with E-state index >= 15 is 0 Å². The zero-order valence-corrected chi connectivity index (χ0v) is 15.2. The number of aryl methyl sites for hydroxylation is 1. The van der Waals surface area contributed by atoms with E-state index in [9.17, 15) is 9.59 Å². The van der Waals surface area contributed by atoms with E-state index in [4.69, 9.17) is 9.47 Å². The van der Waals surface area contributed by atoms with Crippen molar-refractivity contribution >= 4 is 11.9 Å². The molecule has 7 nitrogen and oxygen atoms in total. The van der Waals surface area contributed by atoms with E-state index in [1.165, 1.54) is 20.0 Å². The first-order valence-corrected chi connectivity index (χ1v) is 8.98. The van der Waals surface area contributed by atoms with Gasteiger partial charge in [-0.1, -0.05) is 6.92 Å². The largest absolute Gasteiger partial charge is 0.465 e. The summed E-state index contributed by atoms with van der Waals surface area (Å²) in [7, 11) is 1.35. The third-order valence-electron chi connectivity index (χ3n) is 5.02. The Hall–Kier alpha value is -1.86. The summed E-state index contributed by atoms with van der Waals surface area (Å²) >= 11 is 0. The number of carbonyl (C=O) groups is 2. The van der Waals surface area contributed by atoms with Gasteiger partial charge in [0.05, 0.1) is 25.4 Å². The highest BCUT2D eigenvalue weighted by atomic mass is 16.5. The molecule has 2 fully saturated rings. The number of morpholine rings is 1. The number of nitrogens with zero attached hydrogens (tertiary/aromatic N) is 1. The van der Waals surface area contributed by atoms with Crippen molar-refractivity contribution in [1.82, 2.24) is 15.2 Å². The monoisotopic (exact) mass is 349 g/mol. The number of esters is 1. The molecule has 25 heavy (non-hydrogen) atoms. The first-order chi connectivity index (χ1) is 12.0. The summed E-state index contributed by atoms with van der Waals surface area (Å²) in [4.78, 5) is 30.1. The minimum atomic E-state index is -0.416. The minimum absolute atomic E-state index is 0.0132. The van der Waals surface area contributed by atoms with Crippen LogP contribution in [-0.4, -0.2) is 67.3 Å². The van der Waals surface area contributed by atoms with Gasteiger partial charge in [0.1, 0.15) is 5.69 Å². The molecular formula is C18H27N3O4. The lowest BCUT2D eigenvalue weighted by Gasteiger charge is -2.33. The van der Waals surface area contributed by atoms with E-state index in [1.807, 2.05) is 6.92 Å². The summed E-state index contributed by atoms with van der Waals surface area (Å²) in [6.45, 7) is 6.72. The van der Waals surface area contributed by atoms with Crippen LogP contribution < -0.4 is 5.32 Å². The number of aromatic nitrogens is 1. The van der Waals surface area contributed by atoms with Crippen LogP contribution >= 0.6 is 0 Å². The standard InChI is InChI=1S/C18H27N3O4/c1-4-14-15(18(23)24-3)11(2)16(20-14)17(22)19-9-13-10-21(7-8-25-13)12-5-6-12/h12-13,20H,4-10H2,1-3H3,(H,19,22)/t13-/m0/s1. The van der Waals surface area contributed by atoms with Gasteiger partial charge < -0.3 is 19.8 Å². The summed E-state index contributed by atoms with van der Waals surface area (Å²) in [6, 6.07) is 0.711. The van der Waals surface area contributed by atoms with Gasteiger partial charge in [-0.2, -0.15) is 0 Å². The molecule has 1 aromatic heterocycles. The van der Waals surface area contributed by atoms with E-state index in [2.05, 4.69) is 15.2 Å². The molecule has 2 aliphatic rings. The highest BCUT2D eigenvalue weighted by Crippen LogP contribution is 2.28. The number of rotatable bonds is 6. The Bertz CT molecular complexity index is 651. The third kappa shape index (κ3) is 3.88. The maximum absolute atomic E-state index is 12.6. The molecule has 3 rings (SSSR count). The van der Waals surface area contributed by atoms with Crippen molar-refractivity contribution in [2.75, 3.05) is 33.4 Å². The van der Waals surface area contributed by atoms with Crippen molar-refractivity contribution in [3.8, 4) is 0 Å². The van der Waals surface area contributed by atoms with Crippen molar-refractivity contribution in [3.63, 3.8) is 0 Å². The molecule has 1 amide bonds. The molecule has 1 aliphatic carbocycles. The van der Waals surface area contributed by atoms with Gasteiger partial charge in [0.25, 0.3) is 5.91 Å². The topological polar surface area (TPSA) is 83.7 Å². The molecule has 7 heteroatoms. The number of nitrogens with one attached hydrogen (secondary N) is 2. The van der Waals surface area contributed by atoms with Gasteiger partial charge in [-0.15, -0.1) is 0 Å². The van der Waals surface area contributed by atoms with Crippen molar-refractivity contribution in [2.45, 2.75) is 45.3 Å². The fourth-order valence-electron chi connectivity index (χ4n) is 3.46. The SMILES string of the molecule is CCc1[nH]c(C(=O)NC[C@H]2CN(C3CC3)CCO2)c(C)c1C(=O)OC. The zero-order chi connectivity index (χ0) is 18.0. The van der Waals surface area contributed by atoms with E-state index in [0.717, 1.165) is 18.8 Å². The molecule has 2 N–H and O–H groups in total. The van der Waals surface area contributed by atoms with E-state index in [0.29, 0.717) is 42.4 Å². The molecule has 0 spiro atoms. The second-order valence-electron chi connectivity index (χ2n) is 6.75. The molecule has 1 saturated heterocycles. The fraction of sp³-hybridized carbons (Fsp3) is 0.667.